The molecule has 3 heterocycles. The summed E-state index contributed by atoms with van der Waals surface area (Å²) in [5.41, 5.74) is 2.00. The molecular formula is C23H16N4S2. The largest absolute Gasteiger partial charge is 0.279 e. The third kappa shape index (κ3) is 3.68. The third-order valence-corrected chi connectivity index (χ3v) is 6.07. The summed E-state index contributed by atoms with van der Waals surface area (Å²) in [4.78, 5) is 18.6. The number of anilines is 3. The van der Waals surface area contributed by atoms with E-state index in [2.05, 4.69) is 29.2 Å². The fourth-order valence-electron chi connectivity index (χ4n) is 3.03. The maximum absolute atomic E-state index is 4.86. The number of nitrogens with zero attached hydrogens (tertiary/aromatic N) is 4. The van der Waals surface area contributed by atoms with E-state index in [0.717, 1.165) is 21.1 Å². The Bertz CT molecular complexity index is 1100. The minimum Gasteiger partial charge on any atom is -0.279 e. The first kappa shape index (κ1) is 17.7. The van der Waals surface area contributed by atoms with E-state index in [0.29, 0.717) is 17.6 Å². The lowest BCUT2D eigenvalue weighted by atomic mass is 10.2. The molecular weight excluding hydrogens is 396 g/mol. The van der Waals surface area contributed by atoms with Gasteiger partial charge in [0.1, 0.15) is 0 Å². The van der Waals surface area contributed by atoms with Gasteiger partial charge in [-0.25, -0.2) is 4.98 Å². The molecule has 5 rings (SSSR count). The first-order valence-electron chi connectivity index (χ1n) is 9.12. The molecule has 4 nitrogen and oxygen atoms in total. The van der Waals surface area contributed by atoms with Crippen LogP contribution in [0.2, 0.25) is 0 Å². The lowest BCUT2D eigenvalue weighted by molar-refractivity contribution is 1.03. The van der Waals surface area contributed by atoms with Crippen LogP contribution >= 0.6 is 22.7 Å². The van der Waals surface area contributed by atoms with Gasteiger partial charge in [-0.15, -0.1) is 22.7 Å². The molecule has 0 bridgehead atoms. The third-order valence-electron chi connectivity index (χ3n) is 4.34. The monoisotopic (exact) mass is 412 g/mol. The van der Waals surface area contributed by atoms with Gasteiger partial charge >= 0.3 is 0 Å². The van der Waals surface area contributed by atoms with Crippen molar-refractivity contribution < 1.29 is 0 Å². The summed E-state index contributed by atoms with van der Waals surface area (Å²) >= 11 is 3.25. The number of rotatable bonds is 5. The second-order valence-corrected chi connectivity index (χ2v) is 8.14. The van der Waals surface area contributed by atoms with Crippen molar-refractivity contribution in [2.45, 2.75) is 0 Å². The zero-order chi connectivity index (χ0) is 19.5. The average molecular weight is 413 g/mol. The molecule has 5 aromatic rings. The van der Waals surface area contributed by atoms with Crippen LogP contribution in [0.1, 0.15) is 0 Å². The van der Waals surface area contributed by atoms with Gasteiger partial charge in [0, 0.05) is 11.4 Å². The summed E-state index contributed by atoms with van der Waals surface area (Å²) in [5.74, 6) is 1.97. The standard InChI is InChI=1S/C23H16N4S2/c1-3-9-17(10-4-1)27(18-11-5-2-6-12-18)23-25-21(19-13-7-15-28-19)24-22(26-23)20-14-8-16-29-20/h1-16H. The number of hydrogen-bond donors (Lipinski definition) is 0. The molecule has 0 fully saturated rings. The van der Waals surface area contributed by atoms with E-state index in [-0.39, 0.29) is 0 Å². The summed E-state index contributed by atoms with van der Waals surface area (Å²) in [6, 6.07) is 28.5. The number of benzene rings is 2. The Morgan fingerprint density at radius 1 is 0.517 bits per heavy atom. The SMILES string of the molecule is c1ccc(N(c2ccccc2)c2nc(-c3cccs3)nc(-c3cccs3)n2)cc1. The molecule has 0 atom stereocenters. The van der Waals surface area contributed by atoms with Crippen LogP contribution in [-0.4, -0.2) is 15.0 Å². The van der Waals surface area contributed by atoms with E-state index < -0.39 is 0 Å². The molecule has 2 aromatic carbocycles. The van der Waals surface area contributed by atoms with Gasteiger partial charge in [-0.3, -0.25) is 4.90 Å². The van der Waals surface area contributed by atoms with Gasteiger partial charge in [-0.2, -0.15) is 9.97 Å². The number of aromatic nitrogens is 3. The highest BCUT2D eigenvalue weighted by Gasteiger charge is 2.19. The van der Waals surface area contributed by atoms with Crippen LogP contribution in [-0.2, 0) is 0 Å². The summed E-state index contributed by atoms with van der Waals surface area (Å²) in [6.07, 6.45) is 0. The van der Waals surface area contributed by atoms with Crippen molar-refractivity contribution in [1.82, 2.24) is 15.0 Å². The van der Waals surface area contributed by atoms with Crippen molar-refractivity contribution in [2.24, 2.45) is 0 Å². The van der Waals surface area contributed by atoms with E-state index in [9.17, 15) is 0 Å². The molecule has 140 valence electrons. The van der Waals surface area contributed by atoms with Crippen molar-refractivity contribution in [1.29, 1.82) is 0 Å². The van der Waals surface area contributed by atoms with E-state index >= 15 is 0 Å². The van der Waals surface area contributed by atoms with Crippen LogP contribution in [0.15, 0.2) is 95.7 Å². The topological polar surface area (TPSA) is 41.9 Å². The van der Waals surface area contributed by atoms with Crippen LogP contribution in [0.25, 0.3) is 21.4 Å². The maximum atomic E-state index is 4.86. The molecule has 0 aliphatic rings. The molecule has 0 saturated carbocycles. The highest BCUT2D eigenvalue weighted by atomic mass is 32.1. The summed E-state index contributed by atoms with van der Waals surface area (Å²) < 4.78 is 0. The summed E-state index contributed by atoms with van der Waals surface area (Å²) in [7, 11) is 0. The molecule has 0 saturated heterocycles. The first-order chi connectivity index (χ1) is 14.4. The zero-order valence-corrected chi connectivity index (χ0v) is 17.0. The first-order valence-corrected chi connectivity index (χ1v) is 10.9. The second kappa shape index (κ2) is 7.95. The van der Waals surface area contributed by atoms with Crippen molar-refractivity contribution in [3.05, 3.63) is 95.7 Å². The fraction of sp³-hybridized carbons (Fsp3) is 0. The van der Waals surface area contributed by atoms with E-state index in [4.69, 9.17) is 15.0 Å². The van der Waals surface area contributed by atoms with Crippen LogP contribution < -0.4 is 4.90 Å². The van der Waals surface area contributed by atoms with Gasteiger partial charge in [0.25, 0.3) is 0 Å². The van der Waals surface area contributed by atoms with E-state index in [1.807, 2.05) is 71.4 Å². The Kier molecular flexibility index (Phi) is 4.86. The predicted octanol–water partition coefficient (Wildman–Crippen LogP) is 6.80. The summed E-state index contributed by atoms with van der Waals surface area (Å²) in [6.45, 7) is 0. The van der Waals surface area contributed by atoms with Gasteiger partial charge in [0.05, 0.1) is 9.75 Å². The van der Waals surface area contributed by atoms with Crippen LogP contribution in [0.3, 0.4) is 0 Å². The van der Waals surface area contributed by atoms with Crippen molar-refractivity contribution in [3.63, 3.8) is 0 Å². The van der Waals surface area contributed by atoms with E-state index in [1.165, 1.54) is 0 Å². The van der Waals surface area contributed by atoms with Gasteiger partial charge in [0.2, 0.25) is 5.95 Å². The molecule has 0 N–H and O–H groups in total. The Balaban J connectivity index is 1.73. The molecule has 6 heteroatoms. The predicted molar refractivity (Wildman–Crippen MR) is 121 cm³/mol. The lowest BCUT2D eigenvalue weighted by Crippen LogP contribution is -2.14. The fourth-order valence-corrected chi connectivity index (χ4v) is 4.35. The van der Waals surface area contributed by atoms with Gasteiger partial charge in [0.15, 0.2) is 11.6 Å². The quantitative estimate of drug-likeness (QED) is 0.318. The molecule has 0 unspecified atom stereocenters. The Morgan fingerprint density at radius 3 is 1.41 bits per heavy atom. The molecule has 0 aliphatic heterocycles. The number of para-hydroxylation sites is 2. The molecule has 0 radical (unpaired) electrons. The van der Waals surface area contributed by atoms with Gasteiger partial charge < -0.3 is 0 Å². The Labute approximate surface area is 176 Å². The van der Waals surface area contributed by atoms with Crippen LogP contribution in [0.5, 0.6) is 0 Å². The minimum absolute atomic E-state index is 0.601. The van der Waals surface area contributed by atoms with Crippen molar-refractivity contribution in [2.75, 3.05) is 4.90 Å². The molecule has 0 spiro atoms. The lowest BCUT2D eigenvalue weighted by Gasteiger charge is -2.23. The maximum Gasteiger partial charge on any atom is 0.238 e. The summed E-state index contributed by atoms with van der Waals surface area (Å²) in [5, 5.41) is 4.07. The number of hydrogen-bond acceptors (Lipinski definition) is 6. The average Bonchev–Trinajstić information content (AvgIpc) is 3.50. The molecule has 29 heavy (non-hydrogen) atoms. The second-order valence-electron chi connectivity index (χ2n) is 6.24. The van der Waals surface area contributed by atoms with Crippen molar-refractivity contribution >= 4 is 40.0 Å². The molecule has 0 aliphatic carbocycles. The van der Waals surface area contributed by atoms with E-state index in [1.54, 1.807) is 22.7 Å². The minimum atomic E-state index is 0.601. The zero-order valence-electron chi connectivity index (χ0n) is 15.3. The number of thiophene rings is 2. The van der Waals surface area contributed by atoms with Crippen LogP contribution in [0.4, 0.5) is 17.3 Å². The Morgan fingerprint density at radius 2 is 1.00 bits per heavy atom. The smallest absolute Gasteiger partial charge is 0.238 e. The highest BCUT2D eigenvalue weighted by molar-refractivity contribution is 7.13. The highest BCUT2D eigenvalue weighted by Crippen LogP contribution is 2.35. The molecule has 3 aromatic heterocycles. The molecule has 0 amide bonds. The van der Waals surface area contributed by atoms with Crippen molar-refractivity contribution in [3.8, 4) is 21.4 Å². The van der Waals surface area contributed by atoms with Crippen LogP contribution in [0, 0.1) is 0 Å². The van der Waals surface area contributed by atoms with Gasteiger partial charge in [-0.05, 0) is 47.2 Å². The normalized spacial score (nSPS) is 10.8. The van der Waals surface area contributed by atoms with Gasteiger partial charge in [-0.1, -0.05) is 48.5 Å². The Hall–Kier alpha value is -3.35.